The Morgan fingerprint density at radius 2 is 2.10 bits per heavy atom. The van der Waals surface area contributed by atoms with Crippen LogP contribution in [0.2, 0.25) is 0 Å². The number of aryl methyl sites for hydroxylation is 1. The van der Waals surface area contributed by atoms with Gasteiger partial charge in [-0.1, -0.05) is 15.9 Å². The van der Waals surface area contributed by atoms with Gasteiger partial charge < -0.3 is 10.1 Å². The van der Waals surface area contributed by atoms with Crippen molar-refractivity contribution in [2.75, 3.05) is 7.11 Å². The number of thiophene rings is 1. The summed E-state index contributed by atoms with van der Waals surface area (Å²) >= 11 is 5.46. The molecule has 0 amide bonds. The first-order valence-electron chi connectivity index (χ1n) is 6.69. The van der Waals surface area contributed by atoms with Crippen molar-refractivity contribution in [2.45, 2.75) is 32.9 Å². The van der Waals surface area contributed by atoms with Crippen molar-refractivity contribution in [1.29, 1.82) is 0 Å². The molecule has 2 rings (SSSR count). The lowest BCUT2D eigenvalue weighted by Gasteiger charge is -2.14. The van der Waals surface area contributed by atoms with E-state index in [1.807, 2.05) is 23.5 Å². The van der Waals surface area contributed by atoms with E-state index in [4.69, 9.17) is 4.74 Å². The Kier molecular flexibility index (Phi) is 5.64. The van der Waals surface area contributed by atoms with Crippen LogP contribution in [0.25, 0.3) is 0 Å². The standard InChI is InChI=1S/C16H20BrNOS/c1-11(8-15-6-4-12(2)20-15)18-10-13-9-14(19-3)5-7-16(13)17/h4-7,9,11,18H,8,10H2,1-3H3. The normalized spacial score (nSPS) is 12.4. The Labute approximate surface area is 133 Å². The maximum Gasteiger partial charge on any atom is 0.119 e. The van der Waals surface area contributed by atoms with E-state index >= 15 is 0 Å². The molecule has 0 fully saturated rings. The van der Waals surface area contributed by atoms with Gasteiger partial charge in [-0.2, -0.15) is 0 Å². The van der Waals surface area contributed by atoms with Crippen molar-refractivity contribution in [2.24, 2.45) is 0 Å². The molecule has 0 spiro atoms. The minimum atomic E-state index is 0.450. The summed E-state index contributed by atoms with van der Waals surface area (Å²) in [7, 11) is 1.70. The van der Waals surface area contributed by atoms with Gasteiger partial charge in [0.25, 0.3) is 0 Å². The van der Waals surface area contributed by atoms with Crippen LogP contribution in [-0.4, -0.2) is 13.2 Å². The van der Waals surface area contributed by atoms with Gasteiger partial charge in [-0.15, -0.1) is 11.3 Å². The second-order valence-electron chi connectivity index (χ2n) is 4.96. The van der Waals surface area contributed by atoms with Crippen molar-refractivity contribution in [3.8, 4) is 5.75 Å². The molecule has 0 saturated heterocycles. The lowest BCUT2D eigenvalue weighted by atomic mass is 10.1. The van der Waals surface area contributed by atoms with Gasteiger partial charge in [0, 0.05) is 26.8 Å². The predicted molar refractivity (Wildman–Crippen MR) is 89.8 cm³/mol. The average molecular weight is 354 g/mol. The van der Waals surface area contributed by atoms with Crippen molar-refractivity contribution in [1.82, 2.24) is 5.32 Å². The molecule has 0 radical (unpaired) electrons. The average Bonchev–Trinajstić information content (AvgIpc) is 2.83. The zero-order chi connectivity index (χ0) is 14.5. The van der Waals surface area contributed by atoms with Crippen molar-refractivity contribution in [3.05, 3.63) is 50.1 Å². The topological polar surface area (TPSA) is 21.3 Å². The quantitative estimate of drug-likeness (QED) is 0.822. The zero-order valence-electron chi connectivity index (χ0n) is 12.1. The summed E-state index contributed by atoms with van der Waals surface area (Å²) in [6.45, 7) is 5.21. The largest absolute Gasteiger partial charge is 0.497 e. The highest BCUT2D eigenvalue weighted by molar-refractivity contribution is 9.10. The third-order valence-corrected chi connectivity index (χ3v) is 4.99. The molecule has 0 bridgehead atoms. The Morgan fingerprint density at radius 1 is 1.30 bits per heavy atom. The molecule has 4 heteroatoms. The summed E-state index contributed by atoms with van der Waals surface area (Å²) in [4.78, 5) is 2.81. The molecular formula is C16H20BrNOS. The molecule has 20 heavy (non-hydrogen) atoms. The summed E-state index contributed by atoms with van der Waals surface area (Å²) in [5.74, 6) is 0.895. The molecule has 1 unspecified atom stereocenters. The van der Waals surface area contributed by atoms with Gasteiger partial charge in [-0.3, -0.25) is 0 Å². The van der Waals surface area contributed by atoms with Gasteiger partial charge in [-0.25, -0.2) is 0 Å². The van der Waals surface area contributed by atoms with Crippen LogP contribution >= 0.6 is 27.3 Å². The van der Waals surface area contributed by atoms with Crippen molar-refractivity contribution >= 4 is 27.3 Å². The smallest absolute Gasteiger partial charge is 0.119 e. The fourth-order valence-electron chi connectivity index (χ4n) is 2.07. The van der Waals surface area contributed by atoms with Crippen LogP contribution in [0.15, 0.2) is 34.8 Å². The molecule has 0 aliphatic rings. The Bertz CT molecular complexity index is 567. The first-order chi connectivity index (χ1) is 9.58. The fraction of sp³-hybridized carbons (Fsp3) is 0.375. The predicted octanol–water partition coefficient (Wildman–Crippen LogP) is 4.55. The van der Waals surface area contributed by atoms with Crippen LogP contribution in [0.1, 0.15) is 22.2 Å². The van der Waals surface area contributed by atoms with Crippen LogP contribution in [0, 0.1) is 6.92 Å². The van der Waals surface area contributed by atoms with Crippen LogP contribution in [0.4, 0.5) is 0 Å². The molecule has 1 atom stereocenters. The van der Waals surface area contributed by atoms with Crippen LogP contribution in [0.5, 0.6) is 5.75 Å². The maximum atomic E-state index is 5.27. The molecule has 0 aliphatic heterocycles. The first-order valence-corrected chi connectivity index (χ1v) is 8.30. The van der Waals surface area contributed by atoms with Gasteiger partial charge in [0.1, 0.15) is 5.75 Å². The van der Waals surface area contributed by atoms with Crippen LogP contribution < -0.4 is 10.1 Å². The van der Waals surface area contributed by atoms with E-state index in [0.29, 0.717) is 6.04 Å². The number of hydrogen-bond donors (Lipinski definition) is 1. The fourth-order valence-corrected chi connectivity index (χ4v) is 3.47. The third-order valence-electron chi connectivity index (χ3n) is 3.20. The molecule has 2 nitrogen and oxygen atoms in total. The molecule has 2 aromatic rings. The molecule has 0 aliphatic carbocycles. The van der Waals surface area contributed by atoms with Crippen LogP contribution in [0.3, 0.4) is 0 Å². The summed E-state index contributed by atoms with van der Waals surface area (Å²) in [6.07, 6.45) is 1.07. The molecular weight excluding hydrogens is 334 g/mol. The molecule has 0 saturated carbocycles. The molecule has 1 aromatic heterocycles. The SMILES string of the molecule is COc1ccc(Br)c(CNC(C)Cc2ccc(C)s2)c1. The van der Waals surface area contributed by atoms with E-state index in [9.17, 15) is 0 Å². The second kappa shape index (κ2) is 7.25. The van der Waals surface area contributed by atoms with Crippen molar-refractivity contribution < 1.29 is 4.74 Å². The minimum absolute atomic E-state index is 0.450. The zero-order valence-corrected chi connectivity index (χ0v) is 14.5. The van der Waals surface area contributed by atoms with E-state index in [-0.39, 0.29) is 0 Å². The number of methoxy groups -OCH3 is 1. The number of nitrogens with one attached hydrogen (secondary N) is 1. The van der Waals surface area contributed by atoms with E-state index in [1.165, 1.54) is 15.3 Å². The Hall–Kier alpha value is -0.840. The van der Waals surface area contributed by atoms with Gasteiger partial charge in [0.05, 0.1) is 7.11 Å². The molecule has 1 N–H and O–H groups in total. The van der Waals surface area contributed by atoms with Crippen molar-refractivity contribution in [3.63, 3.8) is 0 Å². The van der Waals surface area contributed by atoms with E-state index in [2.05, 4.69) is 53.3 Å². The van der Waals surface area contributed by atoms with Gasteiger partial charge in [0.2, 0.25) is 0 Å². The number of ether oxygens (including phenoxy) is 1. The van der Waals surface area contributed by atoms with E-state index < -0.39 is 0 Å². The monoisotopic (exact) mass is 353 g/mol. The van der Waals surface area contributed by atoms with Gasteiger partial charge >= 0.3 is 0 Å². The number of benzene rings is 1. The number of halogens is 1. The lowest BCUT2D eigenvalue weighted by molar-refractivity contribution is 0.413. The summed E-state index contributed by atoms with van der Waals surface area (Å²) in [5, 5.41) is 3.57. The Morgan fingerprint density at radius 3 is 2.75 bits per heavy atom. The van der Waals surface area contributed by atoms with Crippen LogP contribution in [-0.2, 0) is 13.0 Å². The highest BCUT2D eigenvalue weighted by atomic mass is 79.9. The van der Waals surface area contributed by atoms with Gasteiger partial charge in [0.15, 0.2) is 0 Å². The molecule has 1 heterocycles. The molecule has 108 valence electrons. The highest BCUT2D eigenvalue weighted by Gasteiger charge is 2.07. The van der Waals surface area contributed by atoms with Gasteiger partial charge in [-0.05, 0) is 56.2 Å². The number of rotatable bonds is 6. The van der Waals surface area contributed by atoms with E-state index in [1.54, 1.807) is 7.11 Å². The third kappa shape index (κ3) is 4.33. The summed E-state index contributed by atoms with van der Waals surface area (Å²) in [6, 6.07) is 10.9. The minimum Gasteiger partial charge on any atom is -0.497 e. The first kappa shape index (κ1) is 15.5. The Balaban J connectivity index is 1.91. The maximum absolute atomic E-state index is 5.27. The molecule has 1 aromatic carbocycles. The summed E-state index contributed by atoms with van der Waals surface area (Å²) < 4.78 is 6.38. The second-order valence-corrected chi connectivity index (χ2v) is 7.18. The number of hydrogen-bond acceptors (Lipinski definition) is 3. The summed E-state index contributed by atoms with van der Waals surface area (Å²) in [5.41, 5.74) is 1.22. The lowest BCUT2D eigenvalue weighted by Crippen LogP contribution is -2.27. The van der Waals surface area contributed by atoms with E-state index in [0.717, 1.165) is 23.2 Å². The highest BCUT2D eigenvalue weighted by Crippen LogP contribution is 2.23.